The molecule has 0 N–H and O–H groups in total. The summed E-state index contributed by atoms with van der Waals surface area (Å²) < 4.78 is 8.75. The van der Waals surface area contributed by atoms with Crippen LogP contribution in [-0.2, 0) is 0 Å². The van der Waals surface area contributed by atoms with Gasteiger partial charge < -0.3 is 4.57 Å². The van der Waals surface area contributed by atoms with Crippen molar-refractivity contribution in [3.8, 4) is 11.5 Å². The fourth-order valence-electron chi connectivity index (χ4n) is 5.10. The minimum absolute atomic E-state index is 0.884. The summed E-state index contributed by atoms with van der Waals surface area (Å²) in [4.78, 5) is 4.97. The molecule has 36 heavy (non-hydrogen) atoms. The van der Waals surface area contributed by atoms with Gasteiger partial charge in [-0.3, -0.25) is 4.57 Å². The summed E-state index contributed by atoms with van der Waals surface area (Å²) >= 11 is 14.6. The Morgan fingerprint density at radius 3 is 1.19 bits per heavy atom. The van der Waals surface area contributed by atoms with E-state index < -0.39 is 0 Å². The molecule has 3 heterocycles. The highest BCUT2D eigenvalue weighted by Gasteiger charge is 2.16. The van der Waals surface area contributed by atoms with Gasteiger partial charge in [0.2, 0.25) is 0 Å². The minimum Gasteiger partial charge on any atom is -0.308 e. The van der Waals surface area contributed by atoms with Crippen LogP contribution in [0.3, 0.4) is 0 Å². The van der Waals surface area contributed by atoms with Crippen molar-refractivity contribution in [2.75, 3.05) is 0 Å². The molecule has 0 fully saturated rings. The predicted molar refractivity (Wildman–Crippen MR) is 164 cm³/mol. The van der Waals surface area contributed by atoms with Gasteiger partial charge in [-0.2, -0.15) is 0 Å². The molecule has 0 aliphatic carbocycles. The highest BCUT2D eigenvalue weighted by atomic mass is 79.9. The van der Waals surface area contributed by atoms with Crippen molar-refractivity contribution in [3.63, 3.8) is 0 Å². The second-order valence-corrected chi connectivity index (χ2v) is 12.4. The number of benzene rings is 4. The molecule has 7 heteroatoms. The van der Waals surface area contributed by atoms with Crippen LogP contribution in [0, 0.1) is 0 Å². The van der Waals surface area contributed by atoms with Gasteiger partial charge in [-0.25, -0.2) is 4.98 Å². The van der Waals surface area contributed by atoms with E-state index in [1.54, 1.807) is 0 Å². The molecule has 0 aliphatic heterocycles. The van der Waals surface area contributed by atoms with Gasteiger partial charge >= 0.3 is 0 Å². The molecule has 7 aromatic rings. The summed E-state index contributed by atoms with van der Waals surface area (Å²) in [5.74, 6) is 0.884. The van der Waals surface area contributed by atoms with Crippen LogP contribution in [0.25, 0.3) is 55.1 Å². The van der Waals surface area contributed by atoms with E-state index in [1.807, 2.05) is 6.20 Å². The number of aromatic nitrogens is 3. The summed E-state index contributed by atoms with van der Waals surface area (Å²) in [7, 11) is 0. The van der Waals surface area contributed by atoms with E-state index >= 15 is 0 Å². The fourth-order valence-corrected chi connectivity index (χ4v) is 6.55. The lowest BCUT2D eigenvalue weighted by molar-refractivity contribution is 1.05. The fraction of sp³-hybridized carbons (Fsp3) is 0. The molecule has 0 spiro atoms. The van der Waals surface area contributed by atoms with Crippen molar-refractivity contribution >= 4 is 107 Å². The summed E-state index contributed by atoms with van der Waals surface area (Å²) in [6, 6.07) is 29.9. The third kappa shape index (κ3) is 3.51. The number of hydrogen-bond donors (Lipinski definition) is 0. The summed E-state index contributed by atoms with van der Waals surface area (Å²) in [6.45, 7) is 0. The standard InChI is InChI=1S/C29H15Br4N3/c30-16-1-6-25-21(11-16)22-12-17(31)2-7-26(22)35(25)20-5-10-29(34-15-20)36-27-8-3-18(32)13-23(27)24-14-19(33)4-9-28(24)36/h1-15H. The molecule has 7 rings (SSSR count). The highest BCUT2D eigenvalue weighted by Crippen LogP contribution is 2.37. The van der Waals surface area contributed by atoms with E-state index in [9.17, 15) is 0 Å². The van der Waals surface area contributed by atoms with Crippen molar-refractivity contribution in [2.45, 2.75) is 0 Å². The lowest BCUT2D eigenvalue weighted by atomic mass is 10.2. The Hall–Kier alpha value is -2.45. The average molecular weight is 725 g/mol. The van der Waals surface area contributed by atoms with E-state index in [-0.39, 0.29) is 0 Å². The number of nitrogens with zero attached hydrogens (tertiary/aromatic N) is 3. The molecule has 0 amide bonds. The first-order valence-electron chi connectivity index (χ1n) is 11.2. The molecule has 0 atom stereocenters. The molecule has 0 aliphatic rings. The summed E-state index contributed by atoms with van der Waals surface area (Å²) in [5, 5.41) is 4.77. The van der Waals surface area contributed by atoms with Gasteiger partial charge in [0.15, 0.2) is 0 Å². The monoisotopic (exact) mass is 721 g/mol. The van der Waals surface area contributed by atoms with E-state index in [2.05, 4.69) is 158 Å². The molecule has 0 saturated heterocycles. The van der Waals surface area contributed by atoms with Gasteiger partial charge in [0.25, 0.3) is 0 Å². The Morgan fingerprint density at radius 2 is 0.833 bits per heavy atom. The second-order valence-electron chi connectivity index (χ2n) is 8.69. The molecule has 0 radical (unpaired) electrons. The van der Waals surface area contributed by atoms with Crippen LogP contribution in [0.4, 0.5) is 0 Å². The second kappa shape index (κ2) is 8.55. The minimum atomic E-state index is 0.884. The first-order valence-corrected chi connectivity index (χ1v) is 14.4. The Labute approximate surface area is 240 Å². The third-order valence-electron chi connectivity index (χ3n) is 6.60. The molecular weight excluding hydrogens is 710 g/mol. The SMILES string of the molecule is Brc1ccc2c(c1)c1cc(Br)ccc1n2-c1ccc(-n2c3ccc(Br)cc3c3cc(Br)ccc32)nc1. The van der Waals surface area contributed by atoms with E-state index in [1.165, 1.54) is 21.5 Å². The zero-order valence-electron chi connectivity index (χ0n) is 18.5. The zero-order valence-corrected chi connectivity index (χ0v) is 24.9. The smallest absolute Gasteiger partial charge is 0.137 e. The van der Waals surface area contributed by atoms with Gasteiger partial charge in [-0.15, -0.1) is 0 Å². The maximum atomic E-state index is 4.97. The Balaban J connectivity index is 1.46. The van der Waals surface area contributed by atoms with Crippen LogP contribution >= 0.6 is 63.7 Å². The topological polar surface area (TPSA) is 22.8 Å². The van der Waals surface area contributed by atoms with E-state index in [0.29, 0.717) is 0 Å². The first-order chi connectivity index (χ1) is 17.5. The van der Waals surface area contributed by atoms with Gasteiger partial charge in [-0.1, -0.05) is 63.7 Å². The lowest BCUT2D eigenvalue weighted by Crippen LogP contribution is -2.00. The molecular formula is C29H15Br4N3. The van der Waals surface area contributed by atoms with Gasteiger partial charge in [0.05, 0.1) is 34.0 Å². The first kappa shape index (κ1) is 22.7. The van der Waals surface area contributed by atoms with Crippen LogP contribution in [0.15, 0.2) is 109 Å². The maximum absolute atomic E-state index is 4.97. The molecule has 0 saturated carbocycles. The zero-order chi connectivity index (χ0) is 24.6. The van der Waals surface area contributed by atoms with E-state index in [0.717, 1.165) is 51.5 Å². The van der Waals surface area contributed by atoms with Crippen molar-refractivity contribution in [1.82, 2.24) is 14.1 Å². The summed E-state index contributed by atoms with van der Waals surface area (Å²) in [6.07, 6.45) is 1.97. The third-order valence-corrected chi connectivity index (χ3v) is 8.57. The quantitative estimate of drug-likeness (QED) is 0.174. The Morgan fingerprint density at radius 1 is 0.444 bits per heavy atom. The molecule has 4 aromatic carbocycles. The molecule has 3 nitrogen and oxygen atoms in total. The molecule has 0 unspecified atom stereocenters. The summed E-state index contributed by atoms with van der Waals surface area (Å²) in [5.41, 5.74) is 5.56. The predicted octanol–water partition coefficient (Wildman–Crippen LogP) is 10.3. The van der Waals surface area contributed by atoms with E-state index in [4.69, 9.17) is 4.98 Å². The number of fused-ring (bicyclic) bond motifs is 6. The van der Waals surface area contributed by atoms with Crippen LogP contribution in [-0.4, -0.2) is 14.1 Å². The number of rotatable bonds is 2. The van der Waals surface area contributed by atoms with Crippen molar-refractivity contribution in [1.29, 1.82) is 0 Å². The van der Waals surface area contributed by atoms with Gasteiger partial charge in [0.1, 0.15) is 5.82 Å². The normalized spacial score (nSPS) is 11.9. The number of halogens is 4. The van der Waals surface area contributed by atoms with Crippen molar-refractivity contribution in [3.05, 3.63) is 109 Å². The Kier molecular flexibility index (Phi) is 5.40. The molecule has 3 aromatic heterocycles. The Bertz CT molecular complexity index is 1720. The average Bonchev–Trinajstić information content (AvgIpc) is 3.35. The maximum Gasteiger partial charge on any atom is 0.137 e. The van der Waals surface area contributed by atoms with Crippen LogP contribution in [0.5, 0.6) is 0 Å². The number of hydrogen-bond acceptors (Lipinski definition) is 1. The van der Waals surface area contributed by atoms with Crippen molar-refractivity contribution < 1.29 is 0 Å². The van der Waals surface area contributed by atoms with Gasteiger partial charge in [-0.05, 0) is 84.9 Å². The molecule has 0 bridgehead atoms. The largest absolute Gasteiger partial charge is 0.308 e. The highest BCUT2D eigenvalue weighted by molar-refractivity contribution is 9.11. The van der Waals surface area contributed by atoms with Gasteiger partial charge in [0, 0.05) is 39.4 Å². The number of pyridine rings is 1. The van der Waals surface area contributed by atoms with Crippen LogP contribution < -0.4 is 0 Å². The molecule has 174 valence electrons. The van der Waals surface area contributed by atoms with Crippen LogP contribution in [0.1, 0.15) is 0 Å². The van der Waals surface area contributed by atoms with Crippen LogP contribution in [0.2, 0.25) is 0 Å². The van der Waals surface area contributed by atoms with Crippen molar-refractivity contribution in [2.24, 2.45) is 0 Å². The lowest BCUT2D eigenvalue weighted by Gasteiger charge is -2.11.